The molecule has 0 aliphatic rings. The van der Waals surface area contributed by atoms with Crippen molar-refractivity contribution in [1.29, 1.82) is 0 Å². The van der Waals surface area contributed by atoms with Gasteiger partial charge in [0.2, 0.25) is 0 Å². The number of hydrogen-bond acceptors (Lipinski definition) is 4. The molecule has 0 N–H and O–H groups in total. The number of aldehydes is 4. The molecular weight excluding hydrogens is 496 g/mol. The predicted molar refractivity (Wildman–Crippen MR) is 159 cm³/mol. The summed E-state index contributed by atoms with van der Waals surface area (Å²) in [7, 11) is 0. The third-order valence-electron chi connectivity index (χ3n) is 7.34. The number of rotatable bonds is 8. The van der Waals surface area contributed by atoms with Gasteiger partial charge in [-0.05, 0) is 69.5 Å². The van der Waals surface area contributed by atoms with Crippen molar-refractivity contribution in [2.75, 3.05) is 0 Å². The largest absolute Gasteiger partial charge is 0.298 e. The van der Waals surface area contributed by atoms with E-state index in [0.717, 1.165) is 80.8 Å². The van der Waals surface area contributed by atoms with Crippen LogP contribution in [0.4, 0.5) is 0 Å². The van der Waals surface area contributed by atoms with E-state index in [4.69, 9.17) is 0 Å². The third kappa shape index (κ3) is 4.83. The van der Waals surface area contributed by atoms with Gasteiger partial charge in [-0.25, -0.2) is 0 Å². The molecule has 5 aromatic carbocycles. The number of hydrogen-bond donors (Lipinski definition) is 0. The summed E-state index contributed by atoms with van der Waals surface area (Å²) in [5.41, 5.74) is 12.3. The van der Waals surface area contributed by atoms with Gasteiger partial charge in [-0.3, -0.25) is 19.2 Å². The highest BCUT2D eigenvalue weighted by Gasteiger charge is 2.24. The molecule has 0 aliphatic carbocycles. The first-order valence-corrected chi connectivity index (χ1v) is 12.9. The van der Waals surface area contributed by atoms with Crippen molar-refractivity contribution in [2.24, 2.45) is 0 Å². The van der Waals surface area contributed by atoms with Crippen LogP contribution in [-0.2, 0) is 0 Å². The molecule has 0 aromatic heterocycles. The Balaban J connectivity index is 1.92. The minimum absolute atomic E-state index is 0.589. The lowest BCUT2D eigenvalue weighted by molar-refractivity contribution is 0.111. The van der Waals surface area contributed by atoms with Crippen molar-refractivity contribution in [3.63, 3.8) is 0 Å². The van der Waals surface area contributed by atoms with Crippen LogP contribution < -0.4 is 0 Å². The minimum atomic E-state index is 0.589. The molecule has 194 valence electrons. The second-order valence-electron chi connectivity index (χ2n) is 9.71. The van der Waals surface area contributed by atoms with Crippen LogP contribution in [0.3, 0.4) is 0 Å². The van der Waals surface area contributed by atoms with Crippen LogP contribution in [0.25, 0.3) is 44.5 Å². The van der Waals surface area contributed by atoms with Crippen LogP contribution in [0.15, 0.2) is 97.1 Å². The van der Waals surface area contributed by atoms with Crippen LogP contribution in [0.2, 0.25) is 0 Å². The fourth-order valence-electron chi connectivity index (χ4n) is 5.36. The summed E-state index contributed by atoms with van der Waals surface area (Å²) in [4.78, 5) is 45.6. The van der Waals surface area contributed by atoms with E-state index in [1.807, 2.05) is 48.5 Å². The Morgan fingerprint density at radius 1 is 0.325 bits per heavy atom. The minimum Gasteiger partial charge on any atom is -0.298 e. The quantitative estimate of drug-likeness (QED) is 0.193. The molecule has 5 aromatic rings. The summed E-state index contributed by atoms with van der Waals surface area (Å²) in [6.07, 6.45) is 3.31. The van der Waals surface area contributed by atoms with Crippen molar-refractivity contribution < 1.29 is 19.2 Å². The molecule has 5 rings (SSSR count). The van der Waals surface area contributed by atoms with Gasteiger partial charge >= 0.3 is 0 Å². The summed E-state index contributed by atoms with van der Waals surface area (Å²) in [6.45, 7) is 4.16. The van der Waals surface area contributed by atoms with Crippen LogP contribution in [0.1, 0.15) is 52.6 Å². The van der Waals surface area contributed by atoms with Crippen LogP contribution in [0, 0.1) is 13.8 Å². The van der Waals surface area contributed by atoms with E-state index in [9.17, 15) is 19.2 Å². The lowest BCUT2D eigenvalue weighted by atomic mass is 9.78. The van der Waals surface area contributed by atoms with E-state index in [-0.39, 0.29) is 0 Å². The van der Waals surface area contributed by atoms with E-state index in [2.05, 4.69) is 13.8 Å². The SMILES string of the molecule is Cc1c(-c2ccc(C=O)cc2)c(-c2ccc(C=O)cc2)c(C)c(-c2ccc(C=O)cc2)c1-c1ccc(C=O)cc1. The van der Waals surface area contributed by atoms with E-state index in [1.165, 1.54) is 0 Å². The maximum atomic E-state index is 11.4. The molecule has 0 radical (unpaired) electrons. The van der Waals surface area contributed by atoms with Gasteiger partial charge in [0.05, 0.1) is 0 Å². The number of carbonyl (C=O) groups is 4. The average Bonchev–Trinajstić information content (AvgIpc) is 3.02. The van der Waals surface area contributed by atoms with E-state index < -0.39 is 0 Å². The van der Waals surface area contributed by atoms with Gasteiger partial charge in [0.25, 0.3) is 0 Å². The zero-order chi connectivity index (χ0) is 28.2. The third-order valence-corrected chi connectivity index (χ3v) is 7.34. The average molecular weight is 523 g/mol. The van der Waals surface area contributed by atoms with Gasteiger partial charge in [-0.1, -0.05) is 97.1 Å². The maximum absolute atomic E-state index is 11.4. The highest BCUT2D eigenvalue weighted by molar-refractivity contribution is 6.01. The molecule has 0 fully saturated rings. The van der Waals surface area contributed by atoms with Crippen molar-refractivity contribution in [3.05, 3.63) is 130 Å². The Hall–Kier alpha value is -5.22. The summed E-state index contributed by atoms with van der Waals surface area (Å²) in [5, 5.41) is 0. The number of benzene rings is 5. The molecule has 0 atom stereocenters. The molecule has 4 heteroatoms. The Morgan fingerprint density at radius 2 is 0.500 bits per heavy atom. The highest BCUT2D eigenvalue weighted by Crippen LogP contribution is 2.48. The smallest absolute Gasteiger partial charge is 0.150 e. The molecule has 0 aliphatic heterocycles. The van der Waals surface area contributed by atoms with Crippen LogP contribution in [0.5, 0.6) is 0 Å². The molecular formula is C36H26O4. The number of carbonyl (C=O) groups excluding carboxylic acids is 4. The van der Waals surface area contributed by atoms with E-state index in [1.54, 1.807) is 48.5 Å². The van der Waals surface area contributed by atoms with Crippen LogP contribution >= 0.6 is 0 Å². The highest BCUT2D eigenvalue weighted by atomic mass is 16.1. The van der Waals surface area contributed by atoms with Gasteiger partial charge in [0.1, 0.15) is 25.1 Å². The zero-order valence-electron chi connectivity index (χ0n) is 22.2. The predicted octanol–water partition coefficient (Wildman–Crippen LogP) is 8.22. The summed E-state index contributed by atoms with van der Waals surface area (Å²) in [5.74, 6) is 0. The molecule has 0 bridgehead atoms. The van der Waals surface area contributed by atoms with Gasteiger partial charge in [-0.2, -0.15) is 0 Å². The second kappa shape index (κ2) is 11.3. The normalized spacial score (nSPS) is 10.7. The summed E-state index contributed by atoms with van der Waals surface area (Å²) in [6, 6.07) is 30.1. The molecule has 0 amide bonds. The van der Waals surface area contributed by atoms with Crippen molar-refractivity contribution >= 4 is 25.1 Å². The Bertz CT molecular complexity index is 1470. The molecule has 0 heterocycles. The monoisotopic (exact) mass is 522 g/mol. The second-order valence-corrected chi connectivity index (χ2v) is 9.71. The first-order chi connectivity index (χ1) is 19.5. The van der Waals surface area contributed by atoms with Gasteiger partial charge in [-0.15, -0.1) is 0 Å². The fourth-order valence-corrected chi connectivity index (χ4v) is 5.36. The lowest BCUT2D eigenvalue weighted by Gasteiger charge is -2.25. The molecule has 0 saturated carbocycles. The molecule has 4 nitrogen and oxygen atoms in total. The van der Waals surface area contributed by atoms with Gasteiger partial charge < -0.3 is 0 Å². The first kappa shape index (κ1) is 26.4. The first-order valence-electron chi connectivity index (χ1n) is 12.9. The standard InChI is InChI=1S/C36H26O4/c1-23-33(29-11-3-25(19-37)4-12-29)35(31-15-7-27(21-39)8-16-31)24(2)36(32-17-9-28(22-40)10-18-32)34(23)30-13-5-26(20-38)6-14-30/h3-22H,1-2H3. The maximum Gasteiger partial charge on any atom is 0.150 e. The Morgan fingerprint density at radius 3 is 0.650 bits per heavy atom. The van der Waals surface area contributed by atoms with E-state index >= 15 is 0 Å². The lowest BCUT2D eigenvalue weighted by Crippen LogP contribution is -2.01. The molecule has 40 heavy (non-hydrogen) atoms. The Labute approximate surface area is 232 Å². The van der Waals surface area contributed by atoms with Crippen molar-refractivity contribution in [1.82, 2.24) is 0 Å². The van der Waals surface area contributed by atoms with E-state index in [0.29, 0.717) is 22.3 Å². The van der Waals surface area contributed by atoms with Crippen LogP contribution in [-0.4, -0.2) is 25.1 Å². The molecule has 0 unspecified atom stereocenters. The zero-order valence-corrected chi connectivity index (χ0v) is 22.2. The van der Waals surface area contributed by atoms with Gasteiger partial charge in [0.15, 0.2) is 0 Å². The topological polar surface area (TPSA) is 68.3 Å². The molecule has 0 spiro atoms. The van der Waals surface area contributed by atoms with Crippen molar-refractivity contribution in [3.8, 4) is 44.5 Å². The summed E-state index contributed by atoms with van der Waals surface area (Å²) < 4.78 is 0. The summed E-state index contributed by atoms with van der Waals surface area (Å²) >= 11 is 0. The molecule has 0 saturated heterocycles. The Kier molecular flexibility index (Phi) is 7.43. The van der Waals surface area contributed by atoms with Crippen molar-refractivity contribution in [2.45, 2.75) is 13.8 Å². The van der Waals surface area contributed by atoms with Gasteiger partial charge in [0, 0.05) is 22.3 Å². The fraction of sp³-hybridized carbons (Fsp3) is 0.0556.